The molecule has 0 radical (unpaired) electrons. The van der Waals surface area contributed by atoms with E-state index < -0.39 is 15.3 Å². The molecule has 1 fully saturated rings. The molecular weight excluding hydrogens is 176 g/mol. The van der Waals surface area contributed by atoms with Gasteiger partial charge in [0.25, 0.3) is 0 Å². The maximum absolute atomic E-state index is 10.3. The Morgan fingerprint density at radius 2 is 1.38 bits per heavy atom. The van der Waals surface area contributed by atoms with Crippen LogP contribution < -0.4 is 0 Å². The molecule has 0 atom stereocenters. The molecular formula is C7H12N2O4. The number of nitrogens with zero attached hydrogens (tertiary/aromatic N) is 2. The zero-order valence-corrected chi connectivity index (χ0v) is 7.27. The molecule has 1 rings (SSSR count). The standard InChI is InChI=1S/C7H12N2O4/c10-8(11)5-7(6-9(12)13)3-1-2-4-7/h1-6H2. The molecule has 0 aromatic carbocycles. The molecule has 0 heterocycles. The van der Waals surface area contributed by atoms with Gasteiger partial charge in [-0.3, -0.25) is 20.2 Å². The van der Waals surface area contributed by atoms with Crippen molar-refractivity contribution in [2.45, 2.75) is 25.7 Å². The monoisotopic (exact) mass is 188 g/mol. The molecule has 0 spiro atoms. The Morgan fingerprint density at radius 3 is 1.69 bits per heavy atom. The summed E-state index contributed by atoms with van der Waals surface area (Å²) in [4.78, 5) is 19.8. The quantitative estimate of drug-likeness (QED) is 0.488. The summed E-state index contributed by atoms with van der Waals surface area (Å²) >= 11 is 0. The van der Waals surface area contributed by atoms with E-state index in [1.807, 2.05) is 0 Å². The second-order valence-electron chi connectivity index (χ2n) is 3.69. The van der Waals surface area contributed by atoms with E-state index in [0.29, 0.717) is 12.8 Å². The van der Waals surface area contributed by atoms with Crippen LogP contribution in [0.5, 0.6) is 0 Å². The van der Waals surface area contributed by atoms with Crippen molar-refractivity contribution in [2.75, 3.05) is 13.1 Å². The fraction of sp³-hybridized carbons (Fsp3) is 1.00. The maximum atomic E-state index is 10.3. The van der Waals surface area contributed by atoms with Crippen molar-refractivity contribution in [1.82, 2.24) is 0 Å². The average molecular weight is 188 g/mol. The largest absolute Gasteiger partial charge is 0.265 e. The molecule has 0 aromatic rings. The summed E-state index contributed by atoms with van der Waals surface area (Å²) in [5.74, 6) is 0. The highest BCUT2D eigenvalue weighted by Crippen LogP contribution is 2.38. The Labute approximate surface area is 75.2 Å². The van der Waals surface area contributed by atoms with Crippen LogP contribution in [0.2, 0.25) is 0 Å². The molecule has 0 unspecified atom stereocenters. The molecule has 1 aliphatic carbocycles. The van der Waals surface area contributed by atoms with Gasteiger partial charge in [0.1, 0.15) is 0 Å². The van der Waals surface area contributed by atoms with Crippen LogP contribution in [0.4, 0.5) is 0 Å². The molecule has 0 aliphatic heterocycles. The molecule has 1 aliphatic rings. The summed E-state index contributed by atoms with van der Waals surface area (Å²) < 4.78 is 0. The third-order valence-electron chi connectivity index (χ3n) is 2.59. The van der Waals surface area contributed by atoms with Gasteiger partial charge in [-0.2, -0.15) is 0 Å². The normalized spacial score (nSPS) is 20.0. The minimum absolute atomic E-state index is 0.256. The number of rotatable bonds is 4. The Kier molecular flexibility index (Phi) is 2.79. The number of hydrogen-bond donors (Lipinski definition) is 0. The van der Waals surface area contributed by atoms with Crippen LogP contribution in [0, 0.1) is 25.6 Å². The lowest BCUT2D eigenvalue weighted by Crippen LogP contribution is -2.34. The van der Waals surface area contributed by atoms with Gasteiger partial charge in [-0.1, -0.05) is 12.8 Å². The van der Waals surface area contributed by atoms with Crippen LogP contribution in [-0.2, 0) is 0 Å². The molecule has 0 aromatic heterocycles. The highest BCUT2D eigenvalue weighted by atomic mass is 16.6. The van der Waals surface area contributed by atoms with E-state index in [1.54, 1.807) is 0 Å². The van der Waals surface area contributed by atoms with Crippen molar-refractivity contribution in [2.24, 2.45) is 5.41 Å². The van der Waals surface area contributed by atoms with Gasteiger partial charge in [0.15, 0.2) is 0 Å². The van der Waals surface area contributed by atoms with Crippen LogP contribution >= 0.6 is 0 Å². The Balaban J connectivity index is 2.62. The zero-order valence-electron chi connectivity index (χ0n) is 7.27. The lowest BCUT2D eigenvalue weighted by atomic mass is 9.86. The second-order valence-corrected chi connectivity index (χ2v) is 3.69. The molecule has 1 saturated carbocycles. The number of hydrogen-bond acceptors (Lipinski definition) is 4. The predicted octanol–water partition coefficient (Wildman–Crippen LogP) is 1.10. The van der Waals surface area contributed by atoms with Crippen molar-refractivity contribution >= 4 is 0 Å². The first-order valence-corrected chi connectivity index (χ1v) is 4.28. The van der Waals surface area contributed by atoms with E-state index in [9.17, 15) is 20.2 Å². The minimum Gasteiger partial charge on any atom is -0.265 e. The van der Waals surface area contributed by atoms with Gasteiger partial charge in [0.05, 0.1) is 5.41 Å². The molecule has 0 saturated heterocycles. The van der Waals surface area contributed by atoms with Crippen molar-refractivity contribution < 1.29 is 9.85 Å². The van der Waals surface area contributed by atoms with Crippen molar-refractivity contribution in [1.29, 1.82) is 0 Å². The lowest BCUT2D eigenvalue weighted by molar-refractivity contribution is -0.539. The fourth-order valence-corrected chi connectivity index (χ4v) is 2.04. The van der Waals surface area contributed by atoms with Gasteiger partial charge in [-0.05, 0) is 12.8 Å². The highest BCUT2D eigenvalue weighted by Gasteiger charge is 2.43. The van der Waals surface area contributed by atoms with Gasteiger partial charge in [-0.15, -0.1) is 0 Å². The molecule has 6 nitrogen and oxygen atoms in total. The smallest absolute Gasteiger partial charge is 0.215 e. The maximum Gasteiger partial charge on any atom is 0.215 e. The Hall–Kier alpha value is -1.20. The minimum atomic E-state index is -0.660. The van der Waals surface area contributed by atoms with Crippen LogP contribution in [0.1, 0.15) is 25.7 Å². The van der Waals surface area contributed by atoms with Crippen molar-refractivity contribution in [3.05, 3.63) is 20.2 Å². The Morgan fingerprint density at radius 1 is 1.00 bits per heavy atom. The third-order valence-corrected chi connectivity index (χ3v) is 2.59. The molecule has 74 valence electrons. The first-order valence-electron chi connectivity index (χ1n) is 4.28. The van der Waals surface area contributed by atoms with Gasteiger partial charge < -0.3 is 0 Å². The molecule has 0 N–H and O–H groups in total. The number of nitro groups is 2. The first-order chi connectivity index (χ1) is 6.04. The average Bonchev–Trinajstić information content (AvgIpc) is 2.33. The third kappa shape index (κ3) is 2.64. The Bertz CT molecular complexity index is 205. The van der Waals surface area contributed by atoms with Crippen LogP contribution in [0.15, 0.2) is 0 Å². The molecule has 6 heteroatoms. The summed E-state index contributed by atoms with van der Waals surface area (Å²) in [5.41, 5.74) is -0.660. The summed E-state index contributed by atoms with van der Waals surface area (Å²) in [5, 5.41) is 20.6. The van der Waals surface area contributed by atoms with Gasteiger partial charge in [0, 0.05) is 9.85 Å². The fourth-order valence-electron chi connectivity index (χ4n) is 2.04. The van der Waals surface area contributed by atoms with Gasteiger partial charge in [0.2, 0.25) is 13.1 Å². The van der Waals surface area contributed by atoms with E-state index in [-0.39, 0.29) is 13.1 Å². The topological polar surface area (TPSA) is 86.3 Å². The summed E-state index contributed by atoms with van der Waals surface area (Å²) in [6.45, 7) is -0.512. The van der Waals surface area contributed by atoms with E-state index >= 15 is 0 Å². The van der Waals surface area contributed by atoms with Crippen LogP contribution in [0.3, 0.4) is 0 Å². The van der Waals surface area contributed by atoms with E-state index in [2.05, 4.69) is 0 Å². The second kappa shape index (κ2) is 3.68. The SMILES string of the molecule is O=[N+]([O-])CC1(C[N+](=O)[O-])CCCC1. The van der Waals surface area contributed by atoms with E-state index in [4.69, 9.17) is 0 Å². The zero-order chi connectivity index (χ0) is 9.90. The van der Waals surface area contributed by atoms with Crippen molar-refractivity contribution in [3.63, 3.8) is 0 Å². The van der Waals surface area contributed by atoms with Gasteiger partial charge in [-0.25, -0.2) is 0 Å². The molecule has 0 amide bonds. The van der Waals surface area contributed by atoms with Crippen LogP contribution in [-0.4, -0.2) is 22.9 Å². The van der Waals surface area contributed by atoms with Gasteiger partial charge >= 0.3 is 0 Å². The van der Waals surface area contributed by atoms with E-state index in [1.165, 1.54) is 0 Å². The predicted molar refractivity (Wildman–Crippen MR) is 44.6 cm³/mol. The van der Waals surface area contributed by atoms with Crippen LogP contribution in [0.25, 0.3) is 0 Å². The summed E-state index contributed by atoms with van der Waals surface area (Å²) in [6, 6.07) is 0. The summed E-state index contributed by atoms with van der Waals surface area (Å²) in [6.07, 6.45) is 2.99. The molecule has 0 bridgehead atoms. The molecule has 13 heavy (non-hydrogen) atoms. The van der Waals surface area contributed by atoms with Crippen molar-refractivity contribution in [3.8, 4) is 0 Å². The highest BCUT2D eigenvalue weighted by molar-refractivity contribution is 4.83. The summed E-state index contributed by atoms with van der Waals surface area (Å²) in [7, 11) is 0. The van der Waals surface area contributed by atoms with E-state index in [0.717, 1.165) is 12.8 Å². The lowest BCUT2D eigenvalue weighted by Gasteiger charge is -2.18. The first kappa shape index (κ1) is 9.88.